The number of rotatable bonds is 7. The van der Waals surface area contributed by atoms with Crippen LogP contribution in [0.2, 0.25) is 0 Å². The van der Waals surface area contributed by atoms with E-state index in [1.807, 2.05) is 72.8 Å². The van der Waals surface area contributed by atoms with Crippen molar-refractivity contribution >= 4 is 10.8 Å². The molecule has 4 rings (SSSR count). The average molecular weight is 425 g/mol. The van der Waals surface area contributed by atoms with Gasteiger partial charge in [-0.25, -0.2) is 0 Å². The topological polar surface area (TPSA) is 103 Å². The quantitative estimate of drug-likeness (QED) is 0.426. The van der Waals surface area contributed by atoms with Gasteiger partial charge in [-0.1, -0.05) is 66.7 Å². The molecule has 3 aromatic carbocycles. The van der Waals surface area contributed by atoms with Crippen molar-refractivity contribution in [2.75, 3.05) is 6.61 Å². The molecule has 7 heteroatoms. The molecule has 0 unspecified atom stereocenters. The standard InChI is InChI=1S/C24H27NO6/c26-14-20-21(27)22(28)23(29)24(31-20)25(30-15-16-6-2-1-3-7-16)13-17-10-11-18-8-4-5-9-19(18)12-17/h1-12,20-24,26-29H,13-15H2/t20-,21-,22+,23-,24-/m1/s1. The third kappa shape index (κ3) is 4.94. The van der Waals surface area contributed by atoms with E-state index in [4.69, 9.17) is 9.57 Å². The van der Waals surface area contributed by atoms with Gasteiger partial charge in [0.1, 0.15) is 24.4 Å². The molecule has 1 saturated heterocycles. The Morgan fingerprint density at radius 3 is 2.23 bits per heavy atom. The Labute approximate surface area is 180 Å². The fourth-order valence-electron chi connectivity index (χ4n) is 3.78. The number of benzene rings is 3. The molecule has 31 heavy (non-hydrogen) atoms. The van der Waals surface area contributed by atoms with Crippen LogP contribution in [-0.2, 0) is 22.7 Å². The molecule has 0 aromatic heterocycles. The molecule has 4 N–H and O–H groups in total. The number of hydrogen-bond acceptors (Lipinski definition) is 7. The van der Waals surface area contributed by atoms with E-state index in [1.165, 1.54) is 5.06 Å². The van der Waals surface area contributed by atoms with Crippen LogP contribution >= 0.6 is 0 Å². The van der Waals surface area contributed by atoms with E-state index in [-0.39, 0.29) is 13.2 Å². The lowest BCUT2D eigenvalue weighted by Gasteiger charge is -2.43. The Bertz CT molecular complexity index is 982. The van der Waals surface area contributed by atoms with Crippen LogP contribution in [0.4, 0.5) is 0 Å². The molecule has 0 radical (unpaired) electrons. The number of hydroxylamine groups is 2. The van der Waals surface area contributed by atoms with Gasteiger partial charge in [-0.05, 0) is 28.0 Å². The monoisotopic (exact) mass is 425 g/mol. The van der Waals surface area contributed by atoms with E-state index >= 15 is 0 Å². The maximum Gasteiger partial charge on any atom is 0.162 e. The van der Waals surface area contributed by atoms with Gasteiger partial charge < -0.3 is 25.2 Å². The molecule has 0 amide bonds. The number of aliphatic hydroxyl groups is 4. The fourth-order valence-corrected chi connectivity index (χ4v) is 3.78. The first-order chi connectivity index (χ1) is 15.1. The summed E-state index contributed by atoms with van der Waals surface area (Å²) < 4.78 is 5.73. The van der Waals surface area contributed by atoms with Gasteiger partial charge in [0.25, 0.3) is 0 Å². The van der Waals surface area contributed by atoms with Crippen molar-refractivity contribution in [2.45, 2.75) is 43.8 Å². The van der Waals surface area contributed by atoms with Gasteiger partial charge in [-0.3, -0.25) is 4.84 Å². The highest BCUT2D eigenvalue weighted by Gasteiger charge is 2.46. The smallest absolute Gasteiger partial charge is 0.162 e. The summed E-state index contributed by atoms with van der Waals surface area (Å²) in [7, 11) is 0. The third-order valence-electron chi connectivity index (χ3n) is 5.54. The predicted molar refractivity (Wildman–Crippen MR) is 114 cm³/mol. The Morgan fingerprint density at radius 1 is 0.774 bits per heavy atom. The minimum absolute atomic E-state index is 0.226. The number of ether oxygens (including phenoxy) is 1. The Hall–Kier alpha value is -2.36. The molecule has 0 bridgehead atoms. The lowest BCUT2D eigenvalue weighted by Crippen LogP contribution is -2.62. The van der Waals surface area contributed by atoms with E-state index in [9.17, 15) is 20.4 Å². The number of fused-ring (bicyclic) bond motifs is 1. The fraction of sp³-hybridized carbons (Fsp3) is 0.333. The summed E-state index contributed by atoms with van der Waals surface area (Å²) in [4.78, 5) is 6.00. The van der Waals surface area contributed by atoms with Crippen molar-refractivity contribution in [2.24, 2.45) is 0 Å². The second-order valence-electron chi connectivity index (χ2n) is 7.74. The lowest BCUT2D eigenvalue weighted by molar-refractivity contribution is -0.342. The van der Waals surface area contributed by atoms with Gasteiger partial charge in [-0.2, -0.15) is 5.06 Å². The van der Waals surface area contributed by atoms with Gasteiger partial charge >= 0.3 is 0 Å². The summed E-state index contributed by atoms with van der Waals surface area (Å²) in [6, 6.07) is 23.5. The van der Waals surface area contributed by atoms with Gasteiger partial charge in [-0.15, -0.1) is 0 Å². The van der Waals surface area contributed by atoms with Gasteiger partial charge in [0.15, 0.2) is 6.23 Å². The van der Waals surface area contributed by atoms with Crippen LogP contribution in [0.25, 0.3) is 10.8 Å². The highest BCUT2D eigenvalue weighted by molar-refractivity contribution is 5.82. The van der Waals surface area contributed by atoms with Crippen LogP contribution in [0.15, 0.2) is 72.8 Å². The van der Waals surface area contributed by atoms with E-state index in [0.29, 0.717) is 0 Å². The molecule has 1 heterocycles. The molecular weight excluding hydrogens is 398 g/mol. The minimum atomic E-state index is -1.48. The summed E-state index contributed by atoms with van der Waals surface area (Å²) in [6.45, 7) is -0.00620. The van der Waals surface area contributed by atoms with Crippen molar-refractivity contribution < 1.29 is 30.0 Å². The summed E-state index contributed by atoms with van der Waals surface area (Å²) in [6.07, 6.45) is -6.41. The summed E-state index contributed by atoms with van der Waals surface area (Å²) in [5.41, 5.74) is 1.85. The average Bonchev–Trinajstić information content (AvgIpc) is 2.81. The molecule has 5 atom stereocenters. The first-order valence-electron chi connectivity index (χ1n) is 10.3. The van der Waals surface area contributed by atoms with E-state index in [2.05, 4.69) is 0 Å². The molecule has 164 valence electrons. The van der Waals surface area contributed by atoms with Crippen molar-refractivity contribution in [1.82, 2.24) is 5.06 Å². The van der Waals surface area contributed by atoms with Gasteiger partial charge in [0.2, 0.25) is 0 Å². The predicted octanol–water partition coefficient (Wildman–Crippen LogP) is 1.57. The largest absolute Gasteiger partial charge is 0.394 e. The lowest BCUT2D eigenvalue weighted by atomic mass is 9.98. The molecule has 0 spiro atoms. The van der Waals surface area contributed by atoms with Crippen molar-refractivity contribution in [3.63, 3.8) is 0 Å². The number of hydrogen-bond donors (Lipinski definition) is 4. The molecule has 0 aliphatic carbocycles. The van der Waals surface area contributed by atoms with Crippen LogP contribution in [0.5, 0.6) is 0 Å². The van der Waals surface area contributed by atoms with Gasteiger partial charge in [0.05, 0.1) is 19.8 Å². The first-order valence-corrected chi connectivity index (χ1v) is 10.3. The third-order valence-corrected chi connectivity index (χ3v) is 5.54. The highest BCUT2D eigenvalue weighted by Crippen LogP contribution is 2.26. The van der Waals surface area contributed by atoms with Crippen LogP contribution in [-0.4, -0.2) is 62.7 Å². The van der Waals surface area contributed by atoms with Crippen LogP contribution in [0.1, 0.15) is 11.1 Å². The maximum atomic E-state index is 10.6. The summed E-state index contributed by atoms with van der Waals surface area (Å²) in [5, 5.41) is 44.1. The first kappa shape index (κ1) is 21.9. The zero-order chi connectivity index (χ0) is 21.8. The zero-order valence-electron chi connectivity index (χ0n) is 17.0. The van der Waals surface area contributed by atoms with Crippen LogP contribution in [0.3, 0.4) is 0 Å². The number of nitrogens with zero attached hydrogens (tertiary/aromatic N) is 1. The maximum absolute atomic E-state index is 10.6. The summed E-state index contributed by atoms with van der Waals surface area (Å²) >= 11 is 0. The molecule has 7 nitrogen and oxygen atoms in total. The molecular formula is C24H27NO6. The second-order valence-corrected chi connectivity index (χ2v) is 7.74. The van der Waals surface area contributed by atoms with E-state index in [0.717, 1.165) is 21.9 Å². The zero-order valence-corrected chi connectivity index (χ0v) is 17.0. The van der Waals surface area contributed by atoms with Crippen molar-refractivity contribution in [3.05, 3.63) is 83.9 Å². The van der Waals surface area contributed by atoms with Crippen molar-refractivity contribution in [3.8, 4) is 0 Å². The normalized spacial score (nSPS) is 26.4. The van der Waals surface area contributed by atoms with E-state index < -0.39 is 37.3 Å². The molecule has 1 aliphatic rings. The molecule has 3 aromatic rings. The second kappa shape index (κ2) is 9.84. The minimum Gasteiger partial charge on any atom is -0.394 e. The summed E-state index contributed by atoms with van der Waals surface area (Å²) in [5.74, 6) is 0. The Morgan fingerprint density at radius 2 is 1.48 bits per heavy atom. The van der Waals surface area contributed by atoms with Crippen molar-refractivity contribution in [1.29, 1.82) is 0 Å². The van der Waals surface area contributed by atoms with Gasteiger partial charge in [0, 0.05) is 0 Å². The Balaban J connectivity index is 1.59. The molecule has 1 aliphatic heterocycles. The SMILES string of the molecule is OC[C@H]1O[C@@H](N(Cc2ccc3ccccc3c2)OCc2ccccc2)[C@H](O)[C@@H](O)[C@@H]1O. The molecule has 1 fully saturated rings. The molecule has 0 saturated carbocycles. The Kier molecular flexibility index (Phi) is 6.94. The highest BCUT2D eigenvalue weighted by atomic mass is 16.7. The van der Waals surface area contributed by atoms with Crippen LogP contribution < -0.4 is 0 Å². The van der Waals surface area contributed by atoms with E-state index in [1.54, 1.807) is 0 Å². The van der Waals surface area contributed by atoms with Crippen LogP contribution in [0, 0.1) is 0 Å². The number of aliphatic hydroxyl groups excluding tert-OH is 4.